The lowest BCUT2D eigenvalue weighted by Gasteiger charge is -2.18. The van der Waals surface area contributed by atoms with Gasteiger partial charge in [-0.15, -0.1) is 0 Å². The maximum Gasteiger partial charge on any atom is 0.155 e. The molecule has 2 heteroatoms. The van der Waals surface area contributed by atoms with Gasteiger partial charge in [-0.2, -0.15) is 0 Å². The fourth-order valence-corrected chi connectivity index (χ4v) is 1.16. The van der Waals surface area contributed by atoms with Crippen molar-refractivity contribution in [3.63, 3.8) is 0 Å². The number of carbonyl (C=O) groups is 1. The summed E-state index contributed by atoms with van der Waals surface area (Å²) in [5.74, 6) is 0.648. The molecule has 0 aromatic carbocycles. The lowest BCUT2D eigenvalue weighted by molar-refractivity contribution is -0.115. The number of carbonyl (C=O) groups excluding carboxylic acids is 1. The number of allylic oxidation sites excluding steroid dienone is 1. The van der Waals surface area contributed by atoms with Crippen LogP contribution >= 0.6 is 0 Å². The SMILES string of the molecule is CC(N)C1C=CC(=O)CC1. The van der Waals surface area contributed by atoms with Gasteiger partial charge in [-0.3, -0.25) is 4.79 Å². The van der Waals surface area contributed by atoms with Crippen molar-refractivity contribution in [3.8, 4) is 0 Å². The quantitative estimate of drug-likeness (QED) is 0.585. The minimum atomic E-state index is 0.185. The van der Waals surface area contributed by atoms with E-state index in [9.17, 15) is 4.79 Å². The number of hydrogen-bond acceptors (Lipinski definition) is 2. The molecule has 2 N–H and O–H groups in total. The van der Waals surface area contributed by atoms with Crippen LogP contribution in [0.2, 0.25) is 0 Å². The summed E-state index contributed by atoms with van der Waals surface area (Å²) in [6.07, 6.45) is 5.17. The van der Waals surface area contributed by atoms with Crippen LogP contribution < -0.4 is 5.73 Å². The van der Waals surface area contributed by atoms with E-state index in [0.717, 1.165) is 6.42 Å². The van der Waals surface area contributed by atoms with E-state index < -0.39 is 0 Å². The Morgan fingerprint density at radius 3 is 2.90 bits per heavy atom. The highest BCUT2D eigenvalue weighted by molar-refractivity contribution is 5.90. The molecular weight excluding hydrogens is 126 g/mol. The van der Waals surface area contributed by atoms with Crippen LogP contribution in [0.3, 0.4) is 0 Å². The molecule has 0 saturated heterocycles. The van der Waals surface area contributed by atoms with E-state index in [1.807, 2.05) is 13.0 Å². The average molecular weight is 139 g/mol. The predicted octanol–water partition coefficient (Wildman–Crippen LogP) is 0.869. The van der Waals surface area contributed by atoms with Gasteiger partial charge in [0, 0.05) is 12.5 Å². The minimum Gasteiger partial charge on any atom is -0.327 e. The van der Waals surface area contributed by atoms with E-state index >= 15 is 0 Å². The van der Waals surface area contributed by atoms with Crippen molar-refractivity contribution in [3.05, 3.63) is 12.2 Å². The van der Waals surface area contributed by atoms with Crippen LogP contribution in [-0.4, -0.2) is 11.8 Å². The third kappa shape index (κ3) is 1.67. The van der Waals surface area contributed by atoms with Crippen molar-refractivity contribution in [2.45, 2.75) is 25.8 Å². The van der Waals surface area contributed by atoms with E-state index in [1.165, 1.54) is 0 Å². The monoisotopic (exact) mass is 139 g/mol. The maximum atomic E-state index is 10.7. The van der Waals surface area contributed by atoms with E-state index in [4.69, 9.17) is 5.73 Å². The van der Waals surface area contributed by atoms with E-state index in [0.29, 0.717) is 12.3 Å². The molecule has 2 atom stereocenters. The molecule has 0 heterocycles. The van der Waals surface area contributed by atoms with Crippen LogP contribution in [0.4, 0.5) is 0 Å². The van der Waals surface area contributed by atoms with Crippen molar-refractivity contribution >= 4 is 5.78 Å². The standard InChI is InChI=1S/C8H13NO/c1-6(9)7-2-4-8(10)5-3-7/h2,4,6-7H,3,5,9H2,1H3. The zero-order valence-corrected chi connectivity index (χ0v) is 6.21. The molecule has 0 aliphatic heterocycles. The Hall–Kier alpha value is -0.630. The smallest absolute Gasteiger partial charge is 0.155 e. The molecule has 1 aliphatic carbocycles. The number of ketones is 1. The van der Waals surface area contributed by atoms with Crippen LogP contribution in [0.15, 0.2) is 12.2 Å². The molecule has 1 rings (SSSR count). The highest BCUT2D eigenvalue weighted by Gasteiger charge is 2.15. The van der Waals surface area contributed by atoms with Gasteiger partial charge in [0.05, 0.1) is 0 Å². The van der Waals surface area contributed by atoms with Gasteiger partial charge in [-0.1, -0.05) is 6.08 Å². The van der Waals surface area contributed by atoms with Crippen molar-refractivity contribution in [2.75, 3.05) is 0 Å². The number of rotatable bonds is 1. The summed E-state index contributed by atoms with van der Waals surface area (Å²) >= 11 is 0. The molecule has 0 aromatic rings. The zero-order chi connectivity index (χ0) is 7.56. The molecule has 0 spiro atoms. The van der Waals surface area contributed by atoms with Crippen LogP contribution in [0.5, 0.6) is 0 Å². The summed E-state index contributed by atoms with van der Waals surface area (Å²) < 4.78 is 0. The van der Waals surface area contributed by atoms with E-state index in [1.54, 1.807) is 6.08 Å². The van der Waals surface area contributed by atoms with Gasteiger partial charge in [0.1, 0.15) is 0 Å². The summed E-state index contributed by atoms with van der Waals surface area (Å²) in [6.45, 7) is 1.98. The molecule has 0 radical (unpaired) electrons. The lowest BCUT2D eigenvalue weighted by atomic mass is 9.90. The Bertz CT molecular complexity index is 161. The van der Waals surface area contributed by atoms with E-state index in [-0.39, 0.29) is 11.8 Å². The van der Waals surface area contributed by atoms with Gasteiger partial charge in [0.2, 0.25) is 0 Å². The largest absolute Gasteiger partial charge is 0.327 e. The summed E-state index contributed by atoms with van der Waals surface area (Å²) in [5, 5.41) is 0. The second-order valence-electron chi connectivity index (χ2n) is 2.89. The molecule has 1 aliphatic rings. The highest BCUT2D eigenvalue weighted by Crippen LogP contribution is 2.16. The molecule has 0 fully saturated rings. The normalized spacial score (nSPS) is 28.6. The first kappa shape index (κ1) is 7.48. The molecule has 2 nitrogen and oxygen atoms in total. The lowest BCUT2D eigenvalue weighted by Crippen LogP contribution is -2.27. The van der Waals surface area contributed by atoms with Gasteiger partial charge in [0.15, 0.2) is 5.78 Å². The average Bonchev–Trinajstić information content (AvgIpc) is 1.88. The van der Waals surface area contributed by atoms with Crippen molar-refractivity contribution < 1.29 is 4.79 Å². The first-order chi connectivity index (χ1) is 4.70. The zero-order valence-electron chi connectivity index (χ0n) is 6.21. The number of nitrogens with two attached hydrogens (primary N) is 1. The summed E-state index contributed by atoms with van der Waals surface area (Å²) in [6, 6.07) is 0.185. The third-order valence-corrected chi connectivity index (χ3v) is 1.93. The molecule has 56 valence electrons. The van der Waals surface area contributed by atoms with Crippen LogP contribution in [-0.2, 0) is 4.79 Å². The van der Waals surface area contributed by atoms with Crippen molar-refractivity contribution in [1.82, 2.24) is 0 Å². The number of hydrogen-bond donors (Lipinski definition) is 1. The predicted molar refractivity (Wildman–Crippen MR) is 40.5 cm³/mol. The van der Waals surface area contributed by atoms with Gasteiger partial charge in [-0.05, 0) is 25.3 Å². The molecule has 2 unspecified atom stereocenters. The topological polar surface area (TPSA) is 43.1 Å². The first-order valence-corrected chi connectivity index (χ1v) is 3.67. The second kappa shape index (κ2) is 2.97. The molecule has 10 heavy (non-hydrogen) atoms. The highest BCUT2D eigenvalue weighted by atomic mass is 16.1. The summed E-state index contributed by atoms with van der Waals surface area (Å²) in [7, 11) is 0. The van der Waals surface area contributed by atoms with E-state index in [2.05, 4.69) is 0 Å². The Labute approximate surface area is 61.1 Å². The second-order valence-corrected chi connectivity index (χ2v) is 2.89. The van der Waals surface area contributed by atoms with Gasteiger partial charge in [-0.25, -0.2) is 0 Å². The van der Waals surface area contributed by atoms with Gasteiger partial charge >= 0.3 is 0 Å². The van der Waals surface area contributed by atoms with Gasteiger partial charge < -0.3 is 5.73 Å². The third-order valence-electron chi connectivity index (χ3n) is 1.93. The molecular formula is C8H13NO. The first-order valence-electron chi connectivity index (χ1n) is 3.67. The van der Waals surface area contributed by atoms with Crippen LogP contribution in [0.25, 0.3) is 0 Å². The Morgan fingerprint density at radius 2 is 2.50 bits per heavy atom. The Morgan fingerprint density at radius 1 is 1.80 bits per heavy atom. The van der Waals surface area contributed by atoms with Crippen molar-refractivity contribution in [1.29, 1.82) is 0 Å². The molecule has 0 bridgehead atoms. The van der Waals surface area contributed by atoms with Crippen LogP contribution in [0.1, 0.15) is 19.8 Å². The Balaban J connectivity index is 2.53. The fraction of sp³-hybridized carbons (Fsp3) is 0.625. The van der Waals surface area contributed by atoms with Crippen LogP contribution in [0, 0.1) is 5.92 Å². The minimum absolute atomic E-state index is 0.185. The summed E-state index contributed by atoms with van der Waals surface area (Å²) in [5.41, 5.74) is 5.65. The maximum absolute atomic E-state index is 10.7. The molecule has 0 amide bonds. The fourth-order valence-electron chi connectivity index (χ4n) is 1.16. The van der Waals surface area contributed by atoms with Crippen molar-refractivity contribution in [2.24, 2.45) is 11.7 Å². The summed E-state index contributed by atoms with van der Waals surface area (Å²) in [4.78, 5) is 10.7. The van der Waals surface area contributed by atoms with Gasteiger partial charge in [0.25, 0.3) is 0 Å². The Kier molecular flexibility index (Phi) is 2.22. The molecule has 0 aromatic heterocycles. The molecule has 0 saturated carbocycles.